The zero-order valence-electron chi connectivity index (χ0n) is 20.9. The summed E-state index contributed by atoms with van der Waals surface area (Å²) in [5.41, 5.74) is 3.20. The van der Waals surface area contributed by atoms with Gasteiger partial charge in [-0.25, -0.2) is 9.48 Å². The molecule has 2 aromatic rings. The van der Waals surface area contributed by atoms with Crippen LogP contribution in [0, 0.1) is 13.8 Å². The van der Waals surface area contributed by atoms with Crippen molar-refractivity contribution in [3.63, 3.8) is 0 Å². The molecule has 1 aliphatic heterocycles. The molecule has 1 aromatic carbocycles. The maximum atomic E-state index is 12.6. The average Bonchev–Trinajstić information content (AvgIpc) is 3.05. The van der Waals surface area contributed by atoms with Gasteiger partial charge < -0.3 is 15.0 Å². The van der Waals surface area contributed by atoms with Gasteiger partial charge in [-0.3, -0.25) is 9.69 Å². The maximum Gasteiger partial charge on any atom is 0.410 e. The molecule has 186 valence electrons. The number of hydrogen-bond acceptors (Lipinski definition) is 5. The molecule has 0 atom stereocenters. The fraction of sp³-hybridized carbons (Fsp3) is 0.560. The number of ether oxygens (including phenoxy) is 1. The Kier molecular flexibility index (Phi) is 8.60. The molecule has 34 heavy (non-hydrogen) atoms. The van der Waals surface area contributed by atoms with E-state index in [9.17, 15) is 9.59 Å². The highest BCUT2D eigenvalue weighted by Crippen LogP contribution is 2.20. The summed E-state index contributed by atoms with van der Waals surface area (Å²) in [5.74, 6) is -0.00315. The van der Waals surface area contributed by atoms with Gasteiger partial charge in [0.1, 0.15) is 5.60 Å². The van der Waals surface area contributed by atoms with Gasteiger partial charge in [-0.15, -0.1) is 0 Å². The number of halogens is 1. The summed E-state index contributed by atoms with van der Waals surface area (Å²) < 4.78 is 7.30. The number of benzene rings is 1. The Bertz CT molecular complexity index is 989. The third-order valence-corrected chi connectivity index (χ3v) is 6.10. The predicted molar refractivity (Wildman–Crippen MR) is 134 cm³/mol. The van der Waals surface area contributed by atoms with Crippen molar-refractivity contribution in [3.8, 4) is 5.69 Å². The highest BCUT2D eigenvalue weighted by molar-refractivity contribution is 6.30. The van der Waals surface area contributed by atoms with E-state index in [0.29, 0.717) is 31.1 Å². The van der Waals surface area contributed by atoms with Crippen LogP contribution in [0.15, 0.2) is 24.3 Å². The minimum atomic E-state index is -0.474. The monoisotopic (exact) mass is 489 g/mol. The third-order valence-electron chi connectivity index (χ3n) is 5.85. The molecule has 9 heteroatoms. The number of hydrogen-bond donors (Lipinski definition) is 1. The second kappa shape index (κ2) is 11.2. The number of piperazine rings is 1. The quantitative estimate of drug-likeness (QED) is 0.599. The standard InChI is InChI=1S/C25H36ClN5O3/c1-18-22(19(2)31(28-18)21-9-7-20(26)8-10-21)17-23(32)27-11-6-12-29-13-15-30(16-14-29)24(33)34-25(3,4)5/h7-10H,6,11-17H2,1-5H3,(H,27,32). The largest absolute Gasteiger partial charge is 0.444 e. The van der Waals surface area contributed by atoms with Crippen molar-refractivity contribution >= 4 is 23.6 Å². The van der Waals surface area contributed by atoms with Gasteiger partial charge in [0.05, 0.1) is 17.8 Å². The van der Waals surface area contributed by atoms with E-state index in [1.54, 1.807) is 4.90 Å². The SMILES string of the molecule is Cc1nn(-c2ccc(Cl)cc2)c(C)c1CC(=O)NCCCN1CCN(C(=O)OC(C)(C)C)CC1. The summed E-state index contributed by atoms with van der Waals surface area (Å²) in [7, 11) is 0. The van der Waals surface area contributed by atoms with Gasteiger partial charge in [0.15, 0.2) is 0 Å². The van der Waals surface area contributed by atoms with Gasteiger partial charge in [0, 0.05) is 49.0 Å². The Balaban J connectivity index is 1.40. The second-order valence-electron chi connectivity index (χ2n) is 9.73. The molecule has 1 N–H and O–H groups in total. The van der Waals surface area contributed by atoms with Gasteiger partial charge in [0.25, 0.3) is 0 Å². The third kappa shape index (κ3) is 7.21. The molecule has 1 fully saturated rings. The van der Waals surface area contributed by atoms with E-state index in [2.05, 4.69) is 15.3 Å². The van der Waals surface area contributed by atoms with Crippen LogP contribution in [0.5, 0.6) is 0 Å². The number of aromatic nitrogens is 2. The van der Waals surface area contributed by atoms with Crippen molar-refractivity contribution in [1.82, 2.24) is 24.9 Å². The minimum Gasteiger partial charge on any atom is -0.444 e. The van der Waals surface area contributed by atoms with Crippen LogP contribution in [0.2, 0.25) is 5.02 Å². The summed E-state index contributed by atoms with van der Waals surface area (Å²) in [4.78, 5) is 28.8. The first-order valence-corrected chi connectivity index (χ1v) is 12.2. The Morgan fingerprint density at radius 2 is 1.74 bits per heavy atom. The molecule has 0 spiro atoms. The van der Waals surface area contributed by atoms with Crippen molar-refractivity contribution in [2.24, 2.45) is 0 Å². The lowest BCUT2D eigenvalue weighted by Gasteiger charge is -2.35. The highest BCUT2D eigenvalue weighted by atomic mass is 35.5. The summed E-state index contributed by atoms with van der Waals surface area (Å²) in [5, 5.41) is 8.31. The van der Waals surface area contributed by atoms with Crippen molar-refractivity contribution in [3.05, 3.63) is 46.2 Å². The molecule has 0 saturated carbocycles. The first kappa shape index (κ1) is 26.0. The van der Waals surface area contributed by atoms with Crippen molar-refractivity contribution in [2.75, 3.05) is 39.3 Å². The van der Waals surface area contributed by atoms with Crippen LogP contribution in [0.25, 0.3) is 5.69 Å². The van der Waals surface area contributed by atoms with Crippen LogP contribution in [-0.4, -0.2) is 76.5 Å². The topological polar surface area (TPSA) is 79.7 Å². The van der Waals surface area contributed by atoms with Crippen molar-refractivity contribution in [1.29, 1.82) is 0 Å². The maximum absolute atomic E-state index is 12.6. The average molecular weight is 490 g/mol. The molecule has 1 aliphatic rings. The van der Waals surface area contributed by atoms with Crippen LogP contribution in [0.4, 0.5) is 4.79 Å². The number of carbonyl (C=O) groups is 2. The second-order valence-corrected chi connectivity index (χ2v) is 10.2. The molecule has 0 bridgehead atoms. The molecular weight excluding hydrogens is 454 g/mol. The van der Waals surface area contributed by atoms with Crippen LogP contribution < -0.4 is 5.32 Å². The van der Waals surface area contributed by atoms with E-state index < -0.39 is 5.60 Å². The summed E-state index contributed by atoms with van der Waals surface area (Å²) in [6.07, 6.45) is 0.921. The van der Waals surface area contributed by atoms with Crippen molar-refractivity contribution in [2.45, 2.75) is 53.1 Å². The van der Waals surface area contributed by atoms with Gasteiger partial charge >= 0.3 is 6.09 Å². The number of nitrogens with zero attached hydrogens (tertiary/aromatic N) is 4. The van der Waals surface area contributed by atoms with Crippen LogP contribution >= 0.6 is 11.6 Å². The lowest BCUT2D eigenvalue weighted by molar-refractivity contribution is -0.120. The van der Waals surface area contributed by atoms with E-state index >= 15 is 0 Å². The summed E-state index contributed by atoms with van der Waals surface area (Å²) >= 11 is 5.99. The van der Waals surface area contributed by atoms with Crippen LogP contribution in [0.3, 0.4) is 0 Å². The zero-order valence-corrected chi connectivity index (χ0v) is 21.6. The lowest BCUT2D eigenvalue weighted by atomic mass is 10.1. The number of aryl methyl sites for hydroxylation is 1. The molecule has 3 rings (SSSR count). The predicted octanol–water partition coefficient (Wildman–Crippen LogP) is 3.74. The van der Waals surface area contributed by atoms with E-state index in [1.165, 1.54) is 0 Å². The Morgan fingerprint density at radius 1 is 1.09 bits per heavy atom. The molecule has 1 aromatic heterocycles. The fourth-order valence-electron chi connectivity index (χ4n) is 4.00. The number of carbonyl (C=O) groups excluding carboxylic acids is 2. The Hall–Kier alpha value is -2.58. The fourth-order valence-corrected chi connectivity index (χ4v) is 4.12. The Labute approximate surface area is 207 Å². The summed E-state index contributed by atoms with van der Waals surface area (Å²) in [6.45, 7) is 14.0. The molecule has 0 radical (unpaired) electrons. The molecule has 2 heterocycles. The van der Waals surface area contributed by atoms with Crippen LogP contribution in [0.1, 0.15) is 44.1 Å². The lowest BCUT2D eigenvalue weighted by Crippen LogP contribution is -2.50. The molecule has 1 saturated heterocycles. The number of nitrogens with one attached hydrogen (secondary N) is 1. The molecule has 2 amide bonds. The Morgan fingerprint density at radius 3 is 2.35 bits per heavy atom. The van der Waals surface area contributed by atoms with E-state index in [1.807, 2.05) is 63.6 Å². The van der Waals surface area contributed by atoms with Gasteiger partial charge in [-0.1, -0.05) is 11.6 Å². The summed E-state index contributed by atoms with van der Waals surface area (Å²) in [6, 6.07) is 7.49. The smallest absolute Gasteiger partial charge is 0.410 e. The van der Waals surface area contributed by atoms with Gasteiger partial charge in [-0.05, 0) is 71.8 Å². The van der Waals surface area contributed by atoms with E-state index in [-0.39, 0.29) is 12.0 Å². The van der Waals surface area contributed by atoms with Crippen LogP contribution in [-0.2, 0) is 16.0 Å². The number of rotatable bonds is 7. The van der Waals surface area contributed by atoms with E-state index in [4.69, 9.17) is 16.3 Å². The minimum absolute atomic E-state index is 0.00315. The molecule has 0 unspecified atom stereocenters. The number of amides is 2. The van der Waals surface area contributed by atoms with Gasteiger partial charge in [-0.2, -0.15) is 5.10 Å². The van der Waals surface area contributed by atoms with Crippen molar-refractivity contribution < 1.29 is 14.3 Å². The first-order chi connectivity index (χ1) is 16.0. The molecule has 0 aliphatic carbocycles. The zero-order chi connectivity index (χ0) is 24.9. The normalized spacial score (nSPS) is 14.8. The molecule has 8 nitrogen and oxygen atoms in total. The van der Waals surface area contributed by atoms with E-state index in [0.717, 1.165) is 48.7 Å². The molecular formula is C25H36ClN5O3. The first-order valence-electron chi connectivity index (χ1n) is 11.8. The van der Waals surface area contributed by atoms with Gasteiger partial charge in [0.2, 0.25) is 5.91 Å². The highest BCUT2D eigenvalue weighted by Gasteiger charge is 2.25.